The zero-order valence-electron chi connectivity index (χ0n) is 13.0. The lowest BCUT2D eigenvalue weighted by molar-refractivity contribution is 0.174. The summed E-state index contributed by atoms with van der Waals surface area (Å²) in [6, 6.07) is 20.9. The molecule has 2 aliphatic rings. The van der Waals surface area contributed by atoms with Crippen LogP contribution in [0.4, 0.5) is 5.69 Å². The van der Waals surface area contributed by atoms with Crippen LogP contribution >= 0.6 is 0 Å². The minimum Gasteiger partial charge on any atom is -0.454 e. The van der Waals surface area contributed by atoms with Crippen molar-refractivity contribution in [1.82, 2.24) is 0 Å². The van der Waals surface area contributed by atoms with E-state index in [9.17, 15) is 0 Å². The molecule has 1 heterocycles. The first-order valence-corrected chi connectivity index (χ1v) is 8.02. The Kier molecular flexibility index (Phi) is 2.92. The van der Waals surface area contributed by atoms with Crippen molar-refractivity contribution in [2.45, 2.75) is 6.42 Å². The van der Waals surface area contributed by atoms with E-state index >= 15 is 0 Å². The molecular formula is C21H15NO2. The van der Waals surface area contributed by atoms with E-state index in [1.165, 1.54) is 22.3 Å². The third-order valence-corrected chi connectivity index (χ3v) is 4.54. The SMILES string of the molecule is C(=Nc1ccc2c(c1)Cc1ccccc1-2)c1ccc2c(c1)OCO2. The van der Waals surface area contributed by atoms with Crippen LogP contribution in [0.25, 0.3) is 11.1 Å². The third kappa shape index (κ3) is 2.17. The van der Waals surface area contributed by atoms with Gasteiger partial charge in [-0.3, -0.25) is 4.99 Å². The lowest BCUT2D eigenvalue weighted by Crippen LogP contribution is -1.92. The summed E-state index contributed by atoms with van der Waals surface area (Å²) in [4.78, 5) is 4.62. The molecule has 0 bridgehead atoms. The number of hydrogen-bond acceptors (Lipinski definition) is 3. The summed E-state index contributed by atoms with van der Waals surface area (Å²) in [6.07, 6.45) is 2.85. The first kappa shape index (κ1) is 13.4. The maximum absolute atomic E-state index is 5.40. The lowest BCUT2D eigenvalue weighted by Gasteiger charge is -2.02. The molecule has 3 nitrogen and oxygen atoms in total. The third-order valence-electron chi connectivity index (χ3n) is 4.54. The van der Waals surface area contributed by atoms with Gasteiger partial charge in [0.05, 0.1) is 5.69 Å². The molecule has 0 saturated carbocycles. The zero-order chi connectivity index (χ0) is 15.9. The molecule has 3 aromatic rings. The van der Waals surface area contributed by atoms with E-state index in [0.29, 0.717) is 6.79 Å². The number of benzene rings is 3. The number of ether oxygens (including phenoxy) is 2. The van der Waals surface area contributed by atoms with E-state index in [1.807, 2.05) is 24.4 Å². The van der Waals surface area contributed by atoms with E-state index in [-0.39, 0.29) is 0 Å². The molecular weight excluding hydrogens is 298 g/mol. The summed E-state index contributed by atoms with van der Waals surface area (Å²) in [5.74, 6) is 1.57. The van der Waals surface area contributed by atoms with Gasteiger partial charge in [-0.05, 0) is 64.6 Å². The Hall–Kier alpha value is -3.07. The van der Waals surface area contributed by atoms with Crippen molar-refractivity contribution in [2.24, 2.45) is 4.99 Å². The van der Waals surface area contributed by atoms with Crippen molar-refractivity contribution in [3.05, 3.63) is 77.4 Å². The molecule has 0 atom stereocenters. The molecule has 116 valence electrons. The molecule has 3 heteroatoms. The monoisotopic (exact) mass is 313 g/mol. The second kappa shape index (κ2) is 5.24. The average Bonchev–Trinajstić information content (AvgIpc) is 3.23. The van der Waals surface area contributed by atoms with Gasteiger partial charge >= 0.3 is 0 Å². The van der Waals surface area contributed by atoms with E-state index < -0.39 is 0 Å². The molecule has 0 unspecified atom stereocenters. The van der Waals surface area contributed by atoms with Crippen molar-refractivity contribution in [2.75, 3.05) is 6.79 Å². The summed E-state index contributed by atoms with van der Waals surface area (Å²) >= 11 is 0. The molecule has 0 fully saturated rings. The van der Waals surface area contributed by atoms with Crippen LogP contribution in [0.15, 0.2) is 65.7 Å². The molecule has 24 heavy (non-hydrogen) atoms. The fourth-order valence-electron chi connectivity index (χ4n) is 3.35. The standard InChI is InChI=1S/C21H15NO2/c1-2-4-18-15(3-1)10-16-11-17(6-7-19(16)18)22-12-14-5-8-20-21(9-14)24-13-23-20/h1-9,11-12H,10,13H2. The molecule has 0 radical (unpaired) electrons. The van der Waals surface area contributed by atoms with Crippen LogP contribution in [-0.2, 0) is 6.42 Å². The molecule has 3 aromatic carbocycles. The first-order valence-electron chi connectivity index (χ1n) is 8.02. The van der Waals surface area contributed by atoms with Crippen LogP contribution in [0.1, 0.15) is 16.7 Å². The highest BCUT2D eigenvalue weighted by Gasteiger charge is 2.17. The van der Waals surface area contributed by atoms with Crippen LogP contribution in [0.5, 0.6) is 11.5 Å². The van der Waals surface area contributed by atoms with E-state index in [0.717, 1.165) is 29.2 Å². The quantitative estimate of drug-likeness (QED) is 0.501. The van der Waals surface area contributed by atoms with Gasteiger partial charge in [0.25, 0.3) is 0 Å². The van der Waals surface area contributed by atoms with Gasteiger partial charge in [-0.2, -0.15) is 0 Å². The lowest BCUT2D eigenvalue weighted by atomic mass is 10.1. The highest BCUT2D eigenvalue weighted by Crippen LogP contribution is 2.38. The van der Waals surface area contributed by atoms with E-state index in [1.54, 1.807) is 0 Å². The Bertz CT molecular complexity index is 975. The normalized spacial score (nSPS) is 14.0. The van der Waals surface area contributed by atoms with Gasteiger partial charge < -0.3 is 9.47 Å². The maximum atomic E-state index is 5.40. The Morgan fingerprint density at radius 3 is 2.67 bits per heavy atom. The number of nitrogens with zero attached hydrogens (tertiary/aromatic N) is 1. The second-order valence-corrected chi connectivity index (χ2v) is 6.05. The molecule has 0 N–H and O–H groups in total. The number of aliphatic imine (C=N–C) groups is 1. The molecule has 1 aliphatic carbocycles. The van der Waals surface area contributed by atoms with Crippen molar-refractivity contribution in [1.29, 1.82) is 0 Å². The number of fused-ring (bicyclic) bond motifs is 4. The summed E-state index contributed by atoms with van der Waals surface area (Å²) in [7, 11) is 0. The minimum absolute atomic E-state index is 0.293. The zero-order valence-corrected chi connectivity index (χ0v) is 13.0. The Labute approximate surface area is 140 Å². The Balaban J connectivity index is 1.44. The Morgan fingerprint density at radius 2 is 1.67 bits per heavy atom. The first-order chi connectivity index (χ1) is 11.9. The van der Waals surface area contributed by atoms with Gasteiger partial charge in [0.1, 0.15) is 0 Å². The maximum Gasteiger partial charge on any atom is 0.231 e. The van der Waals surface area contributed by atoms with Crippen LogP contribution in [0.2, 0.25) is 0 Å². The van der Waals surface area contributed by atoms with Gasteiger partial charge in [-0.15, -0.1) is 0 Å². The molecule has 0 amide bonds. The fraction of sp³-hybridized carbons (Fsp3) is 0.0952. The topological polar surface area (TPSA) is 30.8 Å². The molecule has 0 aromatic heterocycles. The minimum atomic E-state index is 0.293. The smallest absolute Gasteiger partial charge is 0.231 e. The van der Waals surface area contributed by atoms with Crippen molar-refractivity contribution in [3.63, 3.8) is 0 Å². The molecule has 0 saturated heterocycles. The number of rotatable bonds is 2. The fourth-order valence-corrected chi connectivity index (χ4v) is 3.35. The largest absolute Gasteiger partial charge is 0.454 e. The van der Waals surface area contributed by atoms with E-state index in [2.05, 4.69) is 47.5 Å². The predicted molar refractivity (Wildman–Crippen MR) is 94.5 cm³/mol. The summed E-state index contributed by atoms with van der Waals surface area (Å²) < 4.78 is 10.7. The van der Waals surface area contributed by atoms with Gasteiger partial charge in [0.2, 0.25) is 6.79 Å². The van der Waals surface area contributed by atoms with Crippen LogP contribution in [-0.4, -0.2) is 13.0 Å². The van der Waals surface area contributed by atoms with Crippen molar-refractivity contribution in [3.8, 4) is 22.6 Å². The number of hydrogen-bond donors (Lipinski definition) is 0. The van der Waals surface area contributed by atoms with Crippen LogP contribution in [0.3, 0.4) is 0 Å². The summed E-state index contributed by atoms with van der Waals surface area (Å²) in [5, 5.41) is 0. The Morgan fingerprint density at radius 1 is 0.792 bits per heavy atom. The average molecular weight is 313 g/mol. The summed E-state index contributed by atoms with van der Waals surface area (Å²) in [5.41, 5.74) is 7.38. The van der Waals surface area contributed by atoms with Crippen molar-refractivity contribution >= 4 is 11.9 Å². The molecule has 5 rings (SSSR count). The molecule has 1 aliphatic heterocycles. The van der Waals surface area contributed by atoms with Gasteiger partial charge in [-0.1, -0.05) is 30.3 Å². The van der Waals surface area contributed by atoms with Gasteiger partial charge in [0.15, 0.2) is 11.5 Å². The van der Waals surface area contributed by atoms with Gasteiger partial charge in [-0.25, -0.2) is 0 Å². The molecule has 0 spiro atoms. The second-order valence-electron chi connectivity index (χ2n) is 6.05. The summed E-state index contributed by atoms with van der Waals surface area (Å²) in [6.45, 7) is 0.293. The van der Waals surface area contributed by atoms with Gasteiger partial charge in [0, 0.05) is 6.21 Å². The van der Waals surface area contributed by atoms with Crippen LogP contribution < -0.4 is 9.47 Å². The van der Waals surface area contributed by atoms with Crippen molar-refractivity contribution < 1.29 is 9.47 Å². The highest BCUT2D eigenvalue weighted by molar-refractivity contribution is 5.84. The van der Waals surface area contributed by atoms with E-state index in [4.69, 9.17) is 9.47 Å². The predicted octanol–water partition coefficient (Wildman–Crippen LogP) is 4.74. The van der Waals surface area contributed by atoms with Crippen LogP contribution in [0, 0.1) is 0 Å². The highest BCUT2D eigenvalue weighted by atomic mass is 16.7.